The number of amides is 2. The molecule has 2 aromatic rings. The van der Waals surface area contributed by atoms with Gasteiger partial charge in [0.15, 0.2) is 0 Å². The van der Waals surface area contributed by atoms with Gasteiger partial charge in [-0.1, -0.05) is 6.07 Å². The second-order valence-electron chi connectivity index (χ2n) is 6.45. The molecule has 0 aliphatic carbocycles. The number of likely N-dealkylation sites (tertiary alicyclic amines) is 1. The van der Waals surface area contributed by atoms with Crippen molar-refractivity contribution in [2.24, 2.45) is 5.41 Å². The van der Waals surface area contributed by atoms with Crippen molar-refractivity contribution < 1.29 is 9.59 Å². The van der Waals surface area contributed by atoms with Gasteiger partial charge in [-0.15, -0.1) is 0 Å². The van der Waals surface area contributed by atoms with Crippen LogP contribution in [-0.4, -0.2) is 51.3 Å². The molecule has 0 aromatic carbocycles. The van der Waals surface area contributed by atoms with Gasteiger partial charge in [-0.2, -0.15) is 0 Å². The number of hydrogen-bond donors (Lipinski definition) is 0. The summed E-state index contributed by atoms with van der Waals surface area (Å²) in [5, 5.41) is 0. The molecule has 24 heavy (non-hydrogen) atoms. The molecule has 1 atom stereocenters. The second-order valence-corrected chi connectivity index (χ2v) is 6.45. The standard InChI is InChI=1S/C17H17N5O2/c23-15-7-17(11-22(15)13-8-18-12-19-9-13)4-6-21(10-17)16(24)14-3-1-2-5-20-14/h1-3,5,8-9,12H,4,6-7,10-11H2/t17-/m1/s1. The molecule has 2 aliphatic rings. The molecule has 2 amide bonds. The van der Waals surface area contributed by atoms with Crippen LogP contribution >= 0.6 is 0 Å². The first-order chi connectivity index (χ1) is 11.7. The third-order valence-corrected chi connectivity index (χ3v) is 4.79. The summed E-state index contributed by atoms with van der Waals surface area (Å²) < 4.78 is 0. The summed E-state index contributed by atoms with van der Waals surface area (Å²) in [5.41, 5.74) is 0.984. The third-order valence-electron chi connectivity index (χ3n) is 4.79. The highest BCUT2D eigenvalue weighted by atomic mass is 16.2. The van der Waals surface area contributed by atoms with E-state index in [1.807, 2.05) is 6.07 Å². The van der Waals surface area contributed by atoms with Gasteiger partial charge < -0.3 is 9.80 Å². The predicted molar refractivity (Wildman–Crippen MR) is 86.2 cm³/mol. The van der Waals surface area contributed by atoms with Gasteiger partial charge in [-0.3, -0.25) is 14.6 Å². The fourth-order valence-electron chi connectivity index (χ4n) is 3.59. The van der Waals surface area contributed by atoms with E-state index in [2.05, 4.69) is 15.0 Å². The van der Waals surface area contributed by atoms with Crippen molar-refractivity contribution in [2.75, 3.05) is 24.5 Å². The van der Waals surface area contributed by atoms with Crippen LogP contribution in [-0.2, 0) is 4.79 Å². The lowest BCUT2D eigenvalue weighted by atomic mass is 9.86. The average Bonchev–Trinajstić information content (AvgIpc) is 3.19. The van der Waals surface area contributed by atoms with Crippen LogP contribution in [0.3, 0.4) is 0 Å². The minimum Gasteiger partial charge on any atom is -0.337 e. The van der Waals surface area contributed by atoms with Crippen LogP contribution in [0.4, 0.5) is 5.69 Å². The maximum absolute atomic E-state index is 12.6. The molecule has 2 saturated heterocycles. The van der Waals surface area contributed by atoms with Crippen LogP contribution in [0.2, 0.25) is 0 Å². The zero-order valence-corrected chi connectivity index (χ0v) is 13.1. The monoisotopic (exact) mass is 323 g/mol. The summed E-state index contributed by atoms with van der Waals surface area (Å²) in [4.78, 5) is 40.6. The van der Waals surface area contributed by atoms with Crippen molar-refractivity contribution in [1.29, 1.82) is 0 Å². The number of nitrogens with zero attached hydrogens (tertiary/aromatic N) is 5. The highest BCUT2D eigenvalue weighted by molar-refractivity contribution is 5.97. The van der Waals surface area contributed by atoms with Crippen molar-refractivity contribution in [2.45, 2.75) is 12.8 Å². The Bertz CT molecular complexity index is 767. The molecule has 122 valence electrons. The largest absolute Gasteiger partial charge is 0.337 e. The molecule has 0 bridgehead atoms. The Hall–Kier alpha value is -2.83. The SMILES string of the molecule is O=C(c1ccccn1)N1CC[C@@]2(CC(=O)N(c3cncnc3)C2)C1. The minimum atomic E-state index is -0.183. The van der Waals surface area contributed by atoms with Gasteiger partial charge in [0.25, 0.3) is 5.91 Å². The maximum Gasteiger partial charge on any atom is 0.272 e. The molecule has 4 heterocycles. The highest BCUT2D eigenvalue weighted by Crippen LogP contribution is 2.41. The molecule has 0 unspecified atom stereocenters. The molecule has 0 saturated carbocycles. The first-order valence-electron chi connectivity index (χ1n) is 7.93. The van der Waals surface area contributed by atoms with E-state index in [0.717, 1.165) is 6.42 Å². The van der Waals surface area contributed by atoms with Crippen molar-refractivity contribution in [3.63, 3.8) is 0 Å². The maximum atomic E-state index is 12.6. The number of hydrogen-bond acceptors (Lipinski definition) is 5. The van der Waals surface area contributed by atoms with E-state index in [-0.39, 0.29) is 17.2 Å². The highest BCUT2D eigenvalue weighted by Gasteiger charge is 2.49. The molecular formula is C17H17N5O2. The molecule has 4 rings (SSSR count). The fraction of sp³-hybridized carbons (Fsp3) is 0.353. The van der Waals surface area contributed by atoms with E-state index in [0.29, 0.717) is 37.4 Å². The van der Waals surface area contributed by atoms with Crippen LogP contribution in [0.5, 0.6) is 0 Å². The van der Waals surface area contributed by atoms with Crippen LogP contribution in [0, 0.1) is 5.41 Å². The molecule has 7 nitrogen and oxygen atoms in total. The number of carbonyl (C=O) groups excluding carboxylic acids is 2. The molecule has 0 N–H and O–H groups in total. The summed E-state index contributed by atoms with van der Waals surface area (Å²) in [6, 6.07) is 5.32. The van der Waals surface area contributed by atoms with Crippen molar-refractivity contribution in [3.05, 3.63) is 48.8 Å². The summed E-state index contributed by atoms with van der Waals surface area (Å²) in [5.74, 6) is -0.00152. The second kappa shape index (κ2) is 5.67. The van der Waals surface area contributed by atoms with Gasteiger partial charge in [0.1, 0.15) is 12.0 Å². The molecular weight excluding hydrogens is 306 g/mol. The fourth-order valence-corrected chi connectivity index (χ4v) is 3.59. The van der Waals surface area contributed by atoms with E-state index in [1.54, 1.807) is 40.5 Å². The number of anilines is 1. The molecule has 2 aliphatic heterocycles. The Balaban J connectivity index is 1.50. The smallest absolute Gasteiger partial charge is 0.272 e. The lowest BCUT2D eigenvalue weighted by Crippen LogP contribution is -2.34. The van der Waals surface area contributed by atoms with Crippen LogP contribution in [0.25, 0.3) is 0 Å². The summed E-state index contributed by atoms with van der Waals surface area (Å²) in [7, 11) is 0. The summed E-state index contributed by atoms with van der Waals surface area (Å²) in [6.45, 7) is 1.84. The van der Waals surface area contributed by atoms with E-state index in [4.69, 9.17) is 0 Å². The van der Waals surface area contributed by atoms with Gasteiger partial charge in [0, 0.05) is 37.7 Å². The number of carbonyl (C=O) groups is 2. The Morgan fingerprint density at radius 2 is 2.00 bits per heavy atom. The Labute approximate surface area is 139 Å². The van der Waals surface area contributed by atoms with Gasteiger partial charge >= 0.3 is 0 Å². The van der Waals surface area contributed by atoms with Crippen molar-refractivity contribution >= 4 is 17.5 Å². The topological polar surface area (TPSA) is 79.3 Å². The van der Waals surface area contributed by atoms with Crippen molar-refractivity contribution in [1.82, 2.24) is 19.9 Å². The number of aromatic nitrogens is 3. The molecule has 2 fully saturated rings. The summed E-state index contributed by atoms with van der Waals surface area (Å²) >= 11 is 0. The summed E-state index contributed by atoms with van der Waals surface area (Å²) in [6.07, 6.45) is 7.64. The Morgan fingerprint density at radius 3 is 2.75 bits per heavy atom. The van der Waals surface area contributed by atoms with Gasteiger partial charge in [-0.05, 0) is 18.6 Å². The predicted octanol–water partition coefficient (Wildman–Crippen LogP) is 1.14. The normalized spacial score (nSPS) is 23.2. The minimum absolute atomic E-state index is 0.0666. The average molecular weight is 323 g/mol. The van der Waals surface area contributed by atoms with Crippen LogP contribution in [0.15, 0.2) is 43.1 Å². The lowest BCUT2D eigenvalue weighted by Gasteiger charge is -2.23. The third kappa shape index (κ3) is 2.51. The first kappa shape index (κ1) is 14.7. The molecule has 7 heteroatoms. The zero-order valence-electron chi connectivity index (χ0n) is 13.1. The van der Waals surface area contributed by atoms with Gasteiger partial charge in [-0.25, -0.2) is 9.97 Å². The molecule has 2 aromatic heterocycles. The Morgan fingerprint density at radius 1 is 1.17 bits per heavy atom. The molecule has 0 radical (unpaired) electrons. The van der Waals surface area contributed by atoms with E-state index >= 15 is 0 Å². The van der Waals surface area contributed by atoms with Gasteiger partial charge in [0.05, 0.1) is 18.1 Å². The van der Waals surface area contributed by atoms with Crippen LogP contribution in [0.1, 0.15) is 23.3 Å². The zero-order chi connectivity index (χ0) is 16.6. The van der Waals surface area contributed by atoms with E-state index in [9.17, 15) is 9.59 Å². The number of rotatable bonds is 2. The van der Waals surface area contributed by atoms with Gasteiger partial charge in [0.2, 0.25) is 5.91 Å². The van der Waals surface area contributed by atoms with E-state index in [1.165, 1.54) is 6.33 Å². The van der Waals surface area contributed by atoms with Crippen molar-refractivity contribution in [3.8, 4) is 0 Å². The van der Waals surface area contributed by atoms with Crippen LogP contribution < -0.4 is 4.90 Å². The lowest BCUT2D eigenvalue weighted by molar-refractivity contribution is -0.117. The molecule has 1 spiro atoms. The number of pyridine rings is 1. The first-order valence-corrected chi connectivity index (χ1v) is 7.93. The van der Waals surface area contributed by atoms with E-state index < -0.39 is 0 Å². The Kier molecular flexibility index (Phi) is 3.48. The quantitative estimate of drug-likeness (QED) is 0.828.